The molecule has 0 aliphatic carbocycles. The highest BCUT2D eigenvalue weighted by Gasteiger charge is 2.27. The van der Waals surface area contributed by atoms with Gasteiger partial charge in [-0.05, 0) is 23.8 Å². The van der Waals surface area contributed by atoms with Crippen molar-refractivity contribution in [1.82, 2.24) is 4.98 Å². The van der Waals surface area contributed by atoms with Crippen molar-refractivity contribution in [2.45, 2.75) is 6.29 Å². The molecule has 0 aliphatic heterocycles. The lowest BCUT2D eigenvalue weighted by Gasteiger charge is -2.13. The lowest BCUT2D eigenvalue weighted by Crippen LogP contribution is -2.29. The van der Waals surface area contributed by atoms with Crippen LogP contribution < -0.4 is 0 Å². The molecule has 0 unspecified atom stereocenters. The van der Waals surface area contributed by atoms with E-state index in [1.165, 1.54) is 27.4 Å². The molecule has 0 N–H and O–H groups in total. The second-order valence-electron chi connectivity index (χ2n) is 3.50. The van der Waals surface area contributed by atoms with Gasteiger partial charge in [0.15, 0.2) is 0 Å². The van der Waals surface area contributed by atoms with Gasteiger partial charge in [0.25, 0.3) is 0 Å². The molecule has 1 heterocycles. The first-order valence-corrected chi connectivity index (χ1v) is 5.43. The smallest absolute Gasteiger partial charge is 0.341 e. The number of esters is 1. The summed E-state index contributed by atoms with van der Waals surface area (Å²) in [4.78, 5) is 27.6. The van der Waals surface area contributed by atoms with Crippen molar-refractivity contribution in [2.75, 3.05) is 21.3 Å². The third-order valence-corrected chi connectivity index (χ3v) is 2.33. The normalized spacial score (nSPS) is 11.5. The van der Waals surface area contributed by atoms with E-state index in [2.05, 4.69) is 9.72 Å². The summed E-state index contributed by atoms with van der Waals surface area (Å²) in [6.45, 7) is 0. The van der Waals surface area contributed by atoms with Crippen LogP contribution in [0.2, 0.25) is 0 Å². The van der Waals surface area contributed by atoms with Crippen molar-refractivity contribution in [1.29, 1.82) is 0 Å². The van der Waals surface area contributed by atoms with Crippen LogP contribution in [0.1, 0.15) is 5.56 Å². The minimum atomic E-state index is -1.15. The number of pyridine rings is 1. The van der Waals surface area contributed by atoms with Crippen LogP contribution in [0.5, 0.6) is 0 Å². The van der Waals surface area contributed by atoms with Crippen molar-refractivity contribution < 1.29 is 23.8 Å². The maximum atomic E-state index is 12.1. The van der Waals surface area contributed by atoms with E-state index in [0.717, 1.165) is 0 Å². The number of hydrogen-bond acceptors (Lipinski definition) is 6. The summed E-state index contributed by atoms with van der Waals surface area (Å²) in [6.07, 6.45) is 3.36. The third kappa shape index (κ3) is 3.97. The fourth-order valence-electron chi connectivity index (χ4n) is 1.40. The first-order chi connectivity index (χ1) is 9.13. The van der Waals surface area contributed by atoms with E-state index in [1.807, 2.05) is 0 Å². The molecule has 0 amide bonds. The molecule has 0 saturated carbocycles. The summed E-state index contributed by atoms with van der Waals surface area (Å²) in [5.41, 5.74) is 0.497. The number of Topliss-reactive ketones (excluding diaryl/α,β-unsaturated/α-hetero) is 1. The molecule has 19 heavy (non-hydrogen) atoms. The van der Waals surface area contributed by atoms with Gasteiger partial charge in [0, 0.05) is 26.6 Å². The highest BCUT2D eigenvalue weighted by atomic mass is 16.7. The molecule has 0 spiro atoms. The number of carbonyl (C=O) groups is 2. The van der Waals surface area contributed by atoms with Crippen LogP contribution in [-0.4, -0.2) is 44.4 Å². The monoisotopic (exact) mass is 265 g/mol. The third-order valence-electron chi connectivity index (χ3n) is 2.33. The molecule has 6 nitrogen and oxygen atoms in total. The molecule has 0 saturated heterocycles. The number of rotatable bonds is 6. The fourth-order valence-corrected chi connectivity index (χ4v) is 1.40. The standard InChI is InChI=1S/C13H15NO5/c1-17-12(16)10(11(15)13(18-2)19-3)8-9-4-6-14-7-5-9/h4-8,13H,1-3H3. The van der Waals surface area contributed by atoms with Crippen LogP contribution in [0.3, 0.4) is 0 Å². The van der Waals surface area contributed by atoms with Gasteiger partial charge in [-0.15, -0.1) is 0 Å². The number of aromatic nitrogens is 1. The molecular formula is C13H15NO5. The van der Waals surface area contributed by atoms with Gasteiger partial charge in [-0.2, -0.15) is 0 Å². The molecule has 1 rings (SSSR count). The summed E-state index contributed by atoms with van der Waals surface area (Å²) in [5.74, 6) is -1.35. The Morgan fingerprint density at radius 1 is 1.16 bits per heavy atom. The average molecular weight is 265 g/mol. The quantitative estimate of drug-likeness (QED) is 0.249. The van der Waals surface area contributed by atoms with Gasteiger partial charge in [0.1, 0.15) is 5.57 Å². The predicted octanol–water partition coefficient (Wildman–Crippen LogP) is 0.826. The minimum Gasteiger partial charge on any atom is -0.465 e. The molecule has 1 aromatic heterocycles. The van der Waals surface area contributed by atoms with Crippen LogP contribution in [-0.2, 0) is 23.8 Å². The molecular weight excluding hydrogens is 250 g/mol. The van der Waals surface area contributed by atoms with Crippen LogP contribution in [0.25, 0.3) is 6.08 Å². The molecule has 0 radical (unpaired) electrons. The van der Waals surface area contributed by atoms with E-state index in [9.17, 15) is 9.59 Å². The SMILES string of the molecule is COC(=O)C(=Cc1ccncc1)C(=O)C(OC)OC. The molecule has 0 aromatic carbocycles. The topological polar surface area (TPSA) is 74.7 Å². The van der Waals surface area contributed by atoms with Gasteiger partial charge < -0.3 is 14.2 Å². The van der Waals surface area contributed by atoms with Gasteiger partial charge >= 0.3 is 5.97 Å². The molecule has 0 aliphatic rings. The maximum Gasteiger partial charge on any atom is 0.341 e. The molecule has 0 bridgehead atoms. The number of nitrogens with zero attached hydrogens (tertiary/aromatic N) is 1. The Bertz CT molecular complexity index is 465. The van der Waals surface area contributed by atoms with Crippen LogP contribution >= 0.6 is 0 Å². The summed E-state index contributed by atoms with van der Waals surface area (Å²) in [7, 11) is 3.82. The van der Waals surface area contributed by atoms with Crippen molar-refractivity contribution >= 4 is 17.8 Å². The largest absolute Gasteiger partial charge is 0.465 e. The van der Waals surface area contributed by atoms with E-state index in [4.69, 9.17) is 9.47 Å². The number of hydrogen-bond donors (Lipinski definition) is 0. The summed E-state index contributed by atoms with van der Waals surface area (Å²) in [6, 6.07) is 3.32. The Morgan fingerprint density at radius 3 is 2.21 bits per heavy atom. The first-order valence-electron chi connectivity index (χ1n) is 5.43. The van der Waals surface area contributed by atoms with Gasteiger partial charge in [-0.1, -0.05) is 0 Å². The molecule has 0 atom stereocenters. The summed E-state index contributed by atoms with van der Waals surface area (Å²) < 4.78 is 14.3. The van der Waals surface area contributed by atoms with Crippen LogP contribution in [0.15, 0.2) is 30.1 Å². The molecule has 1 aromatic rings. The van der Waals surface area contributed by atoms with E-state index >= 15 is 0 Å². The Balaban J connectivity index is 3.12. The number of methoxy groups -OCH3 is 3. The van der Waals surface area contributed by atoms with E-state index in [-0.39, 0.29) is 5.57 Å². The maximum absolute atomic E-state index is 12.1. The number of carbonyl (C=O) groups excluding carboxylic acids is 2. The zero-order valence-electron chi connectivity index (χ0n) is 11.0. The minimum absolute atomic E-state index is 0.151. The fraction of sp³-hybridized carbons (Fsp3) is 0.308. The van der Waals surface area contributed by atoms with E-state index in [1.54, 1.807) is 24.5 Å². The highest BCUT2D eigenvalue weighted by molar-refractivity contribution is 6.21. The van der Waals surface area contributed by atoms with Gasteiger partial charge in [0.05, 0.1) is 7.11 Å². The van der Waals surface area contributed by atoms with Crippen molar-refractivity contribution in [3.63, 3.8) is 0 Å². The Kier molecular flexibility index (Phi) is 5.84. The van der Waals surface area contributed by atoms with Gasteiger partial charge in [-0.25, -0.2) is 4.79 Å². The second kappa shape index (κ2) is 7.40. The number of ketones is 1. The van der Waals surface area contributed by atoms with Crippen molar-refractivity contribution in [2.24, 2.45) is 0 Å². The summed E-state index contributed by atoms with van der Waals surface area (Å²) in [5, 5.41) is 0. The zero-order valence-corrected chi connectivity index (χ0v) is 11.0. The molecule has 0 fully saturated rings. The zero-order chi connectivity index (χ0) is 14.3. The van der Waals surface area contributed by atoms with E-state index in [0.29, 0.717) is 5.56 Å². The summed E-state index contributed by atoms with van der Waals surface area (Å²) >= 11 is 0. The van der Waals surface area contributed by atoms with E-state index < -0.39 is 18.0 Å². The average Bonchev–Trinajstić information content (AvgIpc) is 2.46. The Hall–Kier alpha value is -2.05. The Labute approximate surface area is 111 Å². The lowest BCUT2D eigenvalue weighted by atomic mass is 10.1. The van der Waals surface area contributed by atoms with Gasteiger partial charge in [-0.3, -0.25) is 9.78 Å². The highest BCUT2D eigenvalue weighted by Crippen LogP contribution is 2.12. The Morgan fingerprint density at radius 2 is 1.74 bits per heavy atom. The van der Waals surface area contributed by atoms with Gasteiger partial charge in [0.2, 0.25) is 12.1 Å². The predicted molar refractivity (Wildman–Crippen MR) is 67.0 cm³/mol. The number of ether oxygens (including phenoxy) is 3. The lowest BCUT2D eigenvalue weighted by molar-refractivity contribution is -0.155. The second-order valence-corrected chi connectivity index (χ2v) is 3.50. The van der Waals surface area contributed by atoms with Crippen LogP contribution in [0.4, 0.5) is 0 Å². The van der Waals surface area contributed by atoms with Crippen molar-refractivity contribution in [3.05, 3.63) is 35.7 Å². The van der Waals surface area contributed by atoms with Crippen molar-refractivity contribution in [3.8, 4) is 0 Å². The first kappa shape index (κ1) is 15.0. The molecule has 6 heteroatoms. The van der Waals surface area contributed by atoms with Crippen LogP contribution in [0, 0.1) is 0 Å². The molecule has 102 valence electrons.